The highest BCUT2D eigenvalue weighted by atomic mass is 19.1. The topological polar surface area (TPSA) is 58.2 Å². The normalized spacial score (nSPS) is 15.1. The third-order valence-electron chi connectivity index (χ3n) is 4.74. The van der Waals surface area contributed by atoms with E-state index in [0.29, 0.717) is 12.2 Å². The lowest BCUT2D eigenvalue weighted by molar-refractivity contribution is -0.130. The molecule has 25 heavy (non-hydrogen) atoms. The number of nitrogens with one attached hydrogen (secondary N) is 2. The van der Waals surface area contributed by atoms with E-state index in [1.807, 2.05) is 24.3 Å². The van der Waals surface area contributed by atoms with Gasteiger partial charge in [-0.3, -0.25) is 9.59 Å². The largest absolute Gasteiger partial charge is 0.351 e. The molecule has 0 aromatic heterocycles. The SMILES string of the molecule is CC(=O)Nc1ccc(C2(C(=O)NCc3cccc(F)c3)CCC2)cc1. The molecule has 1 fully saturated rings. The van der Waals surface area contributed by atoms with Gasteiger partial charge in [-0.15, -0.1) is 0 Å². The summed E-state index contributed by atoms with van der Waals surface area (Å²) in [5.74, 6) is -0.465. The predicted molar refractivity (Wildman–Crippen MR) is 94.5 cm³/mol. The molecule has 0 bridgehead atoms. The van der Waals surface area contributed by atoms with Gasteiger partial charge in [-0.05, 0) is 48.2 Å². The molecule has 0 unspecified atom stereocenters. The maximum atomic E-state index is 13.3. The number of halogens is 1. The minimum atomic E-state index is -0.526. The van der Waals surface area contributed by atoms with Crippen molar-refractivity contribution in [2.24, 2.45) is 0 Å². The van der Waals surface area contributed by atoms with Crippen molar-refractivity contribution in [3.63, 3.8) is 0 Å². The van der Waals surface area contributed by atoms with Crippen LogP contribution >= 0.6 is 0 Å². The van der Waals surface area contributed by atoms with Gasteiger partial charge in [-0.25, -0.2) is 4.39 Å². The van der Waals surface area contributed by atoms with Crippen molar-refractivity contribution in [1.82, 2.24) is 5.32 Å². The number of rotatable bonds is 5. The highest BCUT2D eigenvalue weighted by molar-refractivity contribution is 5.90. The fourth-order valence-corrected chi connectivity index (χ4v) is 3.25. The van der Waals surface area contributed by atoms with Crippen molar-refractivity contribution in [2.75, 3.05) is 5.32 Å². The molecule has 0 heterocycles. The first kappa shape index (κ1) is 17.1. The molecule has 1 saturated carbocycles. The molecule has 5 heteroatoms. The van der Waals surface area contributed by atoms with Gasteiger partial charge in [-0.1, -0.05) is 30.7 Å². The summed E-state index contributed by atoms with van der Waals surface area (Å²) in [4.78, 5) is 23.9. The standard InChI is InChI=1S/C20H21FN2O2/c1-14(24)23-18-8-6-16(7-9-18)20(10-3-11-20)19(25)22-13-15-4-2-5-17(21)12-15/h2,4-9,12H,3,10-11,13H2,1H3,(H,22,25)(H,23,24). The molecule has 0 aliphatic heterocycles. The molecule has 0 spiro atoms. The lowest BCUT2D eigenvalue weighted by Gasteiger charge is -2.40. The summed E-state index contributed by atoms with van der Waals surface area (Å²) in [6, 6.07) is 13.7. The van der Waals surface area contributed by atoms with Crippen molar-refractivity contribution in [1.29, 1.82) is 0 Å². The van der Waals surface area contributed by atoms with Gasteiger partial charge in [-0.2, -0.15) is 0 Å². The van der Waals surface area contributed by atoms with Gasteiger partial charge in [0.1, 0.15) is 5.82 Å². The van der Waals surface area contributed by atoms with Crippen molar-refractivity contribution >= 4 is 17.5 Å². The van der Waals surface area contributed by atoms with Gasteiger partial charge < -0.3 is 10.6 Å². The van der Waals surface area contributed by atoms with Gasteiger partial charge in [0.25, 0.3) is 0 Å². The molecule has 0 saturated heterocycles. The fraction of sp³-hybridized carbons (Fsp3) is 0.300. The molecule has 3 rings (SSSR count). The average Bonchev–Trinajstić information content (AvgIpc) is 2.53. The summed E-state index contributed by atoms with van der Waals surface area (Å²) in [5, 5.41) is 5.66. The van der Waals surface area contributed by atoms with Gasteiger partial charge in [0.2, 0.25) is 11.8 Å². The second-order valence-corrected chi connectivity index (χ2v) is 6.51. The fourth-order valence-electron chi connectivity index (χ4n) is 3.25. The van der Waals surface area contributed by atoms with E-state index in [1.54, 1.807) is 12.1 Å². The quantitative estimate of drug-likeness (QED) is 0.875. The number of hydrogen-bond donors (Lipinski definition) is 2. The van der Waals surface area contributed by atoms with E-state index in [0.717, 1.165) is 30.4 Å². The lowest BCUT2D eigenvalue weighted by Crippen LogP contribution is -2.49. The molecule has 130 valence electrons. The summed E-state index contributed by atoms with van der Waals surface area (Å²) in [6.45, 7) is 1.77. The van der Waals surface area contributed by atoms with Gasteiger partial charge in [0.15, 0.2) is 0 Å². The van der Waals surface area contributed by atoms with E-state index in [4.69, 9.17) is 0 Å². The van der Waals surface area contributed by atoms with E-state index in [2.05, 4.69) is 10.6 Å². The van der Waals surface area contributed by atoms with Crippen LogP contribution in [0.5, 0.6) is 0 Å². The Morgan fingerprint density at radius 1 is 1.12 bits per heavy atom. The second kappa shape index (κ2) is 7.05. The van der Waals surface area contributed by atoms with E-state index in [-0.39, 0.29) is 17.6 Å². The molecule has 0 atom stereocenters. The zero-order chi connectivity index (χ0) is 17.9. The Morgan fingerprint density at radius 2 is 1.84 bits per heavy atom. The second-order valence-electron chi connectivity index (χ2n) is 6.51. The summed E-state index contributed by atoms with van der Waals surface area (Å²) < 4.78 is 13.3. The molecular formula is C20H21FN2O2. The van der Waals surface area contributed by atoms with Crippen LogP contribution < -0.4 is 10.6 Å². The first-order valence-electron chi connectivity index (χ1n) is 8.40. The Kier molecular flexibility index (Phi) is 4.83. The Balaban J connectivity index is 1.71. The number of carbonyl (C=O) groups excluding carboxylic acids is 2. The number of benzene rings is 2. The Morgan fingerprint density at radius 3 is 2.40 bits per heavy atom. The Bertz CT molecular complexity index is 783. The van der Waals surface area contributed by atoms with Crippen molar-refractivity contribution in [3.8, 4) is 0 Å². The van der Waals surface area contributed by atoms with Crippen LogP contribution in [0.25, 0.3) is 0 Å². The summed E-state index contributed by atoms with van der Waals surface area (Å²) in [5.41, 5.74) is 1.88. The number of carbonyl (C=O) groups is 2. The number of hydrogen-bond acceptors (Lipinski definition) is 2. The van der Waals surface area contributed by atoms with Crippen LogP contribution in [0.2, 0.25) is 0 Å². The van der Waals surface area contributed by atoms with E-state index >= 15 is 0 Å². The smallest absolute Gasteiger partial charge is 0.230 e. The highest BCUT2D eigenvalue weighted by Crippen LogP contribution is 2.44. The van der Waals surface area contributed by atoms with E-state index in [9.17, 15) is 14.0 Å². The van der Waals surface area contributed by atoms with Crippen molar-refractivity contribution in [3.05, 3.63) is 65.5 Å². The molecular weight excluding hydrogens is 319 g/mol. The third kappa shape index (κ3) is 3.71. The van der Waals surface area contributed by atoms with Crippen molar-refractivity contribution in [2.45, 2.75) is 38.1 Å². The summed E-state index contributed by atoms with van der Waals surface area (Å²) >= 11 is 0. The molecule has 1 aliphatic rings. The Labute approximate surface area is 146 Å². The molecule has 2 aromatic carbocycles. The van der Waals surface area contributed by atoms with Crippen LogP contribution in [-0.4, -0.2) is 11.8 Å². The highest BCUT2D eigenvalue weighted by Gasteiger charge is 2.45. The number of anilines is 1. The van der Waals surface area contributed by atoms with Gasteiger partial charge in [0.05, 0.1) is 5.41 Å². The van der Waals surface area contributed by atoms with Crippen LogP contribution in [-0.2, 0) is 21.5 Å². The van der Waals surface area contributed by atoms with E-state index in [1.165, 1.54) is 19.1 Å². The zero-order valence-corrected chi connectivity index (χ0v) is 14.1. The lowest BCUT2D eigenvalue weighted by atomic mass is 9.63. The van der Waals surface area contributed by atoms with Crippen LogP contribution in [0.4, 0.5) is 10.1 Å². The van der Waals surface area contributed by atoms with Gasteiger partial charge >= 0.3 is 0 Å². The summed E-state index contributed by atoms with van der Waals surface area (Å²) in [7, 11) is 0. The maximum absolute atomic E-state index is 13.3. The first-order chi connectivity index (χ1) is 12.0. The van der Waals surface area contributed by atoms with E-state index < -0.39 is 5.41 Å². The third-order valence-corrected chi connectivity index (χ3v) is 4.74. The summed E-state index contributed by atoms with van der Waals surface area (Å²) in [6.07, 6.45) is 2.59. The molecule has 2 N–H and O–H groups in total. The minimum Gasteiger partial charge on any atom is -0.351 e. The first-order valence-corrected chi connectivity index (χ1v) is 8.40. The van der Waals surface area contributed by atoms with Crippen molar-refractivity contribution < 1.29 is 14.0 Å². The minimum absolute atomic E-state index is 0.0321. The zero-order valence-electron chi connectivity index (χ0n) is 14.1. The van der Waals surface area contributed by atoms with Crippen LogP contribution in [0.15, 0.2) is 48.5 Å². The van der Waals surface area contributed by atoms with Crippen LogP contribution in [0, 0.1) is 5.82 Å². The average molecular weight is 340 g/mol. The predicted octanol–water partition coefficient (Wildman–Crippen LogP) is 3.52. The molecule has 0 radical (unpaired) electrons. The van der Waals surface area contributed by atoms with Crippen LogP contribution in [0.1, 0.15) is 37.3 Å². The molecule has 2 amide bonds. The van der Waals surface area contributed by atoms with Gasteiger partial charge in [0, 0.05) is 19.2 Å². The molecule has 4 nitrogen and oxygen atoms in total. The molecule has 1 aliphatic carbocycles. The van der Waals surface area contributed by atoms with Crippen LogP contribution in [0.3, 0.4) is 0 Å². The monoisotopic (exact) mass is 340 g/mol. The molecule has 2 aromatic rings. The number of amides is 2. The Hall–Kier alpha value is -2.69. The maximum Gasteiger partial charge on any atom is 0.230 e.